The Morgan fingerprint density at radius 3 is 2.70 bits per heavy atom. The van der Waals surface area contributed by atoms with E-state index in [1.54, 1.807) is 36.4 Å². The molecule has 0 atom stereocenters. The second-order valence-corrected chi connectivity index (χ2v) is 6.42. The maximum atomic E-state index is 11.7. The summed E-state index contributed by atoms with van der Waals surface area (Å²) in [5.74, 6) is 0.291. The van der Waals surface area contributed by atoms with Gasteiger partial charge in [0.2, 0.25) is 5.91 Å². The van der Waals surface area contributed by atoms with Gasteiger partial charge in [0, 0.05) is 11.0 Å². The maximum Gasteiger partial charge on any atom is 0.336 e. The molecule has 1 amide bonds. The van der Waals surface area contributed by atoms with Crippen molar-refractivity contribution in [2.45, 2.75) is 6.42 Å². The Balaban J connectivity index is 1.46. The standard InChI is InChI=1S/C20H16N2O4S/c23-19(13-18-4-2-12-27-18)22-21-14-15-5-7-17(8-6-15)26-20(24)10-9-16-3-1-11-25-16/h1-12,14H,13H2,(H,22,23). The zero-order valence-corrected chi connectivity index (χ0v) is 15.0. The first-order valence-electron chi connectivity index (χ1n) is 8.07. The van der Waals surface area contributed by atoms with Crippen LogP contribution in [-0.4, -0.2) is 18.1 Å². The molecule has 0 spiro atoms. The molecule has 0 aliphatic rings. The van der Waals surface area contributed by atoms with Crippen molar-refractivity contribution in [3.63, 3.8) is 0 Å². The smallest absolute Gasteiger partial charge is 0.336 e. The fourth-order valence-corrected chi connectivity index (χ4v) is 2.80. The Morgan fingerprint density at radius 2 is 2.00 bits per heavy atom. The Hall–Kier alpha value is -3.45. The van der Waals surface area contributed by atoms with Crippen LogP contribution in [0, 0.1) is 0 Å². The second-order valence-electron chi connectivity index (χ2n) is 5.39. The van der Waals surface area contributed by atoms with Crippen LogP contribution in [0.3, 0.4) is 0 Å². The number of ether oxygens (including phenoxy) is 1. The summed E-state index contributed by atoms with van der Waals surface area (Å²) in [6.07, 6.45) is 6.17. The average molecular weight is 380 g/mol. The van der Waals surface area contributed by atoms with Gasteiger partial charge in [-0.1, -0.05) is 6.07 Å². The molecule has 0 aliphatic heterocycles. The lowest BCUT2D eigenvalue weighted by molar-refractivity contribution is -0.129. The largest absolute Gasteiger partial charge is 0.465 e. The first-order chi connectivity index (χ1) is 13.2. The van der Waals surface area contributed by atoms with Crippen LogP contribution in [-0.2, 0) is 16.0 Å². The predicted molar refractivity (Wildman–Crippen MR) is 104 cm³/mol. The summed E-state index contributed by atoms with van der Waals surface area (Å²) in [6, 6.07) is 14.0. The molecule has 3 aromatic rings. The number of rotatable bonds is 7. The number of furan rings is 1. The normalized spacial score (nSPS) is 11.1. The van der Waals surface area contributed by atoms with E-state index in [4.69, 9.17) is 9.15 Å². The number of nitrogens with zero attached hydrogens (tertiary/aromatic N) is 1. The fraction of sp³-hybridized carbons (Fsp3) is 0.0500. The van der Waals surface area contributed by atoms with Crippen molar-refractivity contribution in [2.24, 2.45) is 5.10 Å². The van der Waals surface area contributed by atoms with Crippen molar-refractivity contribution < 1.29 is 18.7 Å². The molecule has 6 nitrogen and oxygen atoms in total. The van der Waals surface area contributed by atoms with Gasteiger partial charge in [-0.15, -0.1) is 11.3 Å². The van der Waals surface area contributed by atoms with E-state index >= 15 is 0 Å². The number of esters is 1. The summed E-state index contributed by atoms with van der Waals surface area (Å²) >= 11 is 1.53. The minimum Gasteiger partial charge on any atom is -0.465 e. The topological polar surface area (TPSA) is 80.9 Å². The van der Waals surface area contributed by atoms with Gasteiger partial charge in [-0.05, 0) is 59.5 Å². The monoisotopic (exact) mass is 380 g/mol. The molecular formula is C20H16N2O4S. The van der Waals surface area contributed by atoms with E-state index in [1.807, 2.05) is 17.5 Å². The third-order valence-corrected chi connectivity index (χ3v) is 4.22. The predicted octanol–water partition coefficient (Wildman–Crippen LogP) is 3.65. The van der Waals surface area contributed by atoms with Crippen LogP contribution in [0.5, 0.6) is 5.75 Å². The van der Waals surface area contributed by atoms with E-state index in [1.165, 1.54) is 36.0 Å². The highest BCUT2D eigenvalue weighted by molar-refractivity contribution is 7.10. The summed E-state index contributed by atoms with van der Waals surface area (Å²) in [7, 11) is 0. The van der Waals surface area contributed by atoms with Gasteiger partial charge < -0.3 is 9.15 Å². The summed E-state index contributed by atoms with van der Waals surface area (Å²) in [5, 5.41) is 5.84. The molecule has 0 aliphatic carbocycles. The zero-order chi connectivity index (χ0) is 18.9. The Morgan fingerprint density at radius 1 is 1.15 bits per heavy atom. The minimum absolute atomic E-state index is 0.178. The van der Waals surface area contributed by atoms with Gasteiger partial charge in [-0.3, -0.25) is 4.79 Å². The molecule has 0 fully saturated rings. The molecule has 2 aromatic heterocycles. The van der Waals surface area contributed by atoms with Crippen molar-refractivity contribution in [1.29, 1.82) is 0 Å². The van der Waals surface area contributed by atoms with Crippen molar-refractivity contribution >= 4 is 35.5 Å². The first kappa shape index (κ1) is 18.3. The fourth-order valence-electron chi connectivity index (χ4n) is 2.10. The number of benzene rings is 1. The lowest BCUT2D eigenvalue weighted by Crippen LogP contribution is -2.19. The quantitative estimate of drug-likeness (QED) is 0.223. The number of hydrazone groups is 1. The van der Waals surface area contributed by atoms with Crippen LogP contribution in [0.1, 0.15) is 16.2 Å². The van der Waals surface area contributed by atoms with E-state index in [9.17, 15) is 9.59 Å². The van der Waals surface area contributed by atoms with Gasteiger partial charge in [-0.2, -0.15) is 5.10 Å². The van der Waals surface area contributed by atoms with Gasteiger partial charge in [0.15, 0.2) is 0 Å². The van der Waals surface area contributed by atoms with Crippen molar-refractivity contribution in [3.05, 3.63) is 82.5 Å². The molecule has 0 saturated carbocycles. The molecule has 0 saturated heterocycles. The highest BCUT2D eigenvalue weighted by Gasteiger charge is 2.03. The van der Waals surface area contributed by atoms with Crippen molar-refractivity contribution in [1.82, 2.24) is 5.43 Å². The molecule has 7 heteroatoms. The van der Waals surface area contributed by atoms with Crippen molar-refractivity contribution in [2.75, 3.05) is 0 Å². The van der Waals surface area contributed by atoms with Crippen molar-refractivity contribution in [3.8, 4) is 5.75 Å². The number of carbonyl (C=O) groups excluding carboxylic acids is 2. The SMILES string of the molecule is O=C(Cc1cccs1)NN=Cc1ccc(OC(=O)C=Cc2ccco2)cc1. The molecule has 27 heavy (non-hydrogen) atoms. The van der Waals surface area contributed by atoms with Gasteiger partial charge in [-0.25, -0.2) is 10.2 Å². The van der Waals surface area contributed by atoms with Crippen LogP contribution in [0.25, 0.3) is 6.08 Å². The molecule has 1 aromatic carbocycles. The summed E-state index contributed by atoms with van der Waals surface area (Å²) in [5.41, 5.74) is 3.24. The Labute approximate surface area is 159 Å². The van der Waals surface area contributed by atoms with Crippen LogP contribution in [0.4, 0.5) is 0 Å². The lowest BCUT2D eigenvalue weighted by atomic mass is 10.2. The van der Waals surface area contributed by atoms with E-state index in [2.05, 4.69) is 10.5 Å². The number of hydrogen-bond acceptors (Lipinski definition) is 6. The first-order valence-corrected chi connectivity index (χ1v) is 8.95. The van der Waals surface area contributed by atoms with Crippen LogP contribution < -0.4 is 10.2 Å². The molecule has 136 valence electrons. The molecule has 0 bridgehead atoms. The Kier molecular flexibility index (Phi) is 6.32. The van der Waals surface area contributed by atoms with Crippen LogP contribution in [0.15, 0.2) is 75.8 Å². The second kappa shape index (κ2) is 9.30. The number of carbonyl (C=O) groups is 2. The number of hydrogen-bond donors (Lipinski definition) is 1. The van der Waals surface area contributed by atoms with Crippen LogP contribution >= 0.6 is 11.3 Å². The molecule has 0 radical (unpaired) electrons. The van der Waals surface area contributed by atoms with Gasteiger partial charge in [0.05, 0.1) is 18.9 Å². The molecule has 2 heterocycles. The van der Waals surface area contributed by atoms with E-state index in [-0.39, 0.29) is 5.91 Å². The van der Waals surface area contributed by atoms with Crippen LogP contribution in [0.2, 0.25) is 0 Å². The van der Waals surface area contributed by atoms with Gasteiger partial charge >= 0.3 is 5.97 Å². The highest BCUT2D eigenvalue weighted by Crippen LogP contribution is 2.12. The maximum absolute atomic E-state index is 11.7. The highest BCUT2D eigenvalue weighted by atomic mass is 32.1. The third-order valence-electron chi connectivity index (χ3n) is 3.34. The average Bonchev–Trinajstić information content (AvgIpc) is 3.35. The van der Waals surface area contributed by atoms with E-state index in [0.717, 1.165) is 10.4 Å². The third kappa shape index (κ3) is 6.09. The molecule has 1 N–H and O–H groups in total. The van der Waals surface area contributed by atoms with E-state index < -0.39 is 5.97 Å². The lowest BCUT2D eigenvalue weighted by Gasteiger charge is -2.01. The van der Waals surface area contributed by atoms with Gasteiger partial charge in [0.1, 0.15) is 11.5 Å². The molecule has 0 unspecified atom stereocenters. The zero-order valence-electron chi connectivity index (χ0n) is 14.2. The van der Waals surface area contributed by atoms with E-state index in [0.29, 0.717) is 17.9 Å². The summed E-state index contributed by atoms with van der Waals surface area (Å²) in [6.45, 7) is 0. The number of amides is 1. The Bertz CT molecular complexity index is 927. The number of nitrogens with one attached hydrogen (secondary N) is 1. The summed E-state index contributed by atoms with van der Waals surface area (Å²) in [4.78, 5) is 24.5. The summed E-state index contributed by atoms with van der Waals surface area (Å²) < 4.78 is 10.3. The molecular weight excluding hydrogens is 364 g/mol. The minimum atomic E-state index is -0.506. The molecule has 3 rings (SSSR count). The van der Waals surface area contributed by atoms with Gasteiger partial charge in [0.25, 0.3) is 0 Å². The number of thiophene rings is 1.